The van der Waals surface area contributed by atoms with Crippen molar-refractivity contribution in [3.63, 3.8) is 0 Å². The number of nitrogens with one attached hydrogen (secondary N) is 1. The third-order valence-electron chi connectivity index (χ3n) is 4.65. The van der Waals surface area contributed by atoms with Crippen molar-refractivity contribution in [2.24, 2.45) is 0 Å². The van der Waals surface area contributed by atoms with Gasteiger partial charge in [0.15, 0.2) is 5.13 Å². The first kappa shape index (κ1) is 21.8. The largest absolute Gasteiger partial charge is 0.379 e. The van der Waals surface area contributed by atoms with E-state index in [4.69, 9.17) is 16.3 Å². The van der Waals surface area contributed by atoms with E-state index in [1.54, 1.807) is 17.5 Å². The summed E-state index contributed by atoms with van der Waals surface area (Å²) in [5.41, 5.74) is 1.44. The summed E-state index contributed by atoms with van der Waals surface area (Å²) in [6, 6.07) is 9.95. The second kappa shape index (κ2) is 9.01. The first-order valence-corrected chi connectivity index (χ1v) is 11.9. The quantitative estimate of drug-likeness (QED) is 0.597. The van der Waals surface area contributed by atoms with Gasteiger partial charge in [-0.3, -0.25) is 10.1 Å². The zero-order chi connectivity index (χ0) is 22.0. The molecule has 1 aromatic heterocycles. The minimum absolute atomic E-state index is 0.0379. The maximum Gasteiger partial charge on any atom is 0.257 e. The van der Waals surface area contributed by atoms with Gasteiger partial charge in [0.1, 0.15) is 10.7 Å². The lowest BCUT2D eigenvalue weighted by Gasteiger charge is -2.26. The predicted molar refractivity (Wildman–Crippen MR) is 116 cm³/mol. The van der Waals surface area contributed by atoms with E-state index in [1.807, 2.05) is 0 Å². The second-order valence-corrected chi connectivity index (χ2v) is 9.83. The molecule has 162 valence electrons. The van der Waals surface area contributed by atoms with Crippen LogP contribution in [0.25, 0.3) is 11.3 Å². The summed E-state index contributed by atoms with van der Waals surface area (Å²) in [7, 11) is -3.86. The van der Waals surface area contributed by atoms with Crippen molar-refractivity contribution >= 4 is 44.0 Å². The van der Waals surface area contributed by atoms with Gasteiger partial charge in [-0.15, -0.1) is 11.3 Å². The smallest absolute Gasteiger partial charge is 0.257 e. The number of thiazole rings is 1. The van der Waals surface area contributed by atoms with E-state index in [-0.39, 0.29) is 34.4 Å². The highest BCUT2D eigenvalue weighted by Gasteiger charge is 2.29. The van der Waals surface area contributed by atoms with E-state index in [1.165, 1.54) is 46.0 Å². The van der Waals surface area contributed by atoms with Crippen LogP contribution in [-0.2, 0) is 14.8 Å². The van der Waals surface area contributed by atoms with Crippen molar-refractivity contribution in [2.75, 3.05) is 31.6 Å². The highest BCUT2D eigenvalue weighted by Crippen LogP contribution is 2.28. The van der Waals surface area contributed by atoms with Crippen molar-refractivity contribution in [1.82, 2.24) is 9.29 Å². The number of sulfonamides is 1. The van der Waals surface area contributed by atoms with Gasteiger partial charge in [0.25, 0.3) is 5.91 Å². The average molecular weight is 482 g/mol. The Morgan fingerprint density at radius 2 is 1.87 bits per heavy atom. The lowest BCUT2D eigenvalue weighted by molar-refractivity contribution is 0.0730. The molecule has 0 radical (unpaired) electrons. The molecule has 0 unspecified atom stereocenters. The number of carbonyl (C=O) groups is 1. The Bertz CT molecular complexity index is 1210. The van der Waals surface area contributed by atoms with Gasteiger partial charge in [-0.1, -0.05) is 11.6 Å². The van der Waals surface area contributed by atoms with Gasteiger partial charge < -0.3 is 4.74 Å². The van der Waals surface area contributed by atoms with Crippen LogP contribution < -0.4 is 5.32 Å². The van der Waals surface area contributed by atoms with Crippen LogP contribution >= 0.6 is 22.9 Å². The van der Waals surface area contributed by atoms with Gasteiger partial charge in [-0.25, -0.2) is 17.8 Å². The van der Waals surface area contributed by atoms with Crippen LogP contribution in [0.15, 0.2) is 52.7 Å². The molecule has 0 atom stereocenters. The molecule has 0 aliphatic carbocycles. The number of anilines is 1. The number of aromatic nitrogens is 1. The van der Waals surface area contributed by atoms with Crippen molar-refractivity contribution in [3.8, 4) is 11.3 Å². The van der Waals surface area contributed by atoms with E-state index in [9.17, 15) is 17.6 Å². The Morgan fingerprint density at radius 1 is 1.16 bits per heavy atom. The highest BCUT2D eigenvalue weighted by molar-refractivity contribution is 7.89. The molecule has 1 aliphatic rings. The van der Waals surface area contributed by atoms with E-state index in [0.29, 0.717) is 29.6 Å². The van der Waals surface area contributed by atoms with E-state index < -0.39 is 15.9 Å². The molecule has 3 aromatic rings. The fraction of sp³-hybridized carbons (Fsp3) is 0.200. The monoisotopic (exact) mass is 481 g/mol. The number of rotatable bonds is 5. The molecule has 2 heterocycles. The van der Waals surface area contributed by atoms with Crippen LogP contribution in [0, 0.1) is 5.82 Å². The van der Waals surface area contributed by atoms with E-state index in [2.05, 4.69) is 10.3 Å². The summed E-state index contributed by atoms with van der Waals surface area (Å²) in [5.74, 6) is -0.867. The summed E-state index contributed by atoms with van der Waals surface area (Å²) in [6.07, 6.45) is 0. The molecule has 0 bridgehead atoms. The lowest BCUT2D eigenvalue weighted by Crippen LogP contribution is -2.40. The minimum Gasteiger partial charge on any atom is -0.379 e. The van der Waals surface area contributed by atoms with Gasteiger partial charge in [-0.2, -0.15) is 4.31 Å². The Balaban J connectivity index is 1.54. The number of halogens is 2. The Hall–Kier alpha value is -2.37. The molecular formula is C20H17ClFN3O4S2. The fourth-order valence-corrected chi connectivity index (χ4v) is 5.65. The third-order valence-corrected chi connectivity index (χ3v) is 7.78. The number of nitrogens with zero attached hydrogens (tertiary/aromatic N) is 2. The summed E-state index contributed by atoms with van der Waals surface area (Å²) in [5, 5.41) is 4.76. The maximum atomic E-state index is 13.1. The van der Waals surface area contributed by atoms with Gasteiger partial charge in [-0.05, 0) is 42.5 Å². The fourth-order valence-electron chi connectivity index (χ4n) is 3.02. The molecule has 0 spiro atoms. The number of hydrogen-bond donors (Lipinski definition) is 1. The van der Waals surface area contributed by atoms with E-state index >= 15 is 0 Å². The zero-order valence-electron chi connectivity index (χ0n) is 16.0. The van der Waals surface area contributed by atoms with Crippen LogP contribution in [0.3, 0.4) is 0 Å². The molecule has 11 heteroatoms. The summed E-state index contributed by atoms with van der Waals surface area (Å²) >= 11 is 7.35. The molecule has 0 saturated carbocycles. The summed E-state index contributed by atoms with van der Waals surface area (Å²) in [6.45, 7) is 1.05. The number of morpholine rings is 1. The predicted octanol–water partition coefficient (Wildman–Crippen LogP) is 3.88. The van der Waals surface area contributed by atoms with Crippen LogP contribution in [0.2, 0.25) is 5.02 Å². The standard InChI is InChI=1S/C20H17ClFN3O4S2/c21-16-6-3-14(11-18(16)31(27,28)25-7-9-29-10-8-25)19(26)24-20-23-17(12-30-20)13-1-4-15(22)5-2-13/h1-6,11-12H,7-10H2,(H,23,24,26). The molecule has 2 aromatic carbocycles. The van der Waals surface area contributed by atoms with Crippen LogP contribution in [0.5, 0.6) is 0 Å². The molecule has 1 N–H and O–H groups in total. The minimum atomic E-state index is -3.86. The normalized spacial score (nSPS) is 15.0. The number of amides is 1. The Kier molecular flexibility index (Phi) is 6.35. The molecule has 4 rings (SSSR count). The Morgan fingerprint density at radius 3 is 2.58 bits per heavy atom. The van der Waals surface area contributed by atoms with Crippen molar-refractivity contribution in [2.45, 2.75) is 4.90 Å². The van der Waals surface area contributed by atoms with Gasteiger partial charge in [0, 0.05) is 29.6 Å². The molecule has 1 saturated heterocycles. The Labute approximate surface area is 187 Å². The van der Waals surface area contributed by atoms with E-state index in [0.717, 1.165) is 0 Å². The van der Waals surface area contributed by atoms with Crippen molar-refractivity contribution in [1.29, 1.82) is 0 Å². The maximum absolute atomic E-state index is 13.1. The zero-order valence-corrected chi connectivity index (χ0v) is 18.4. The van der Waals surface area contributed by atoms with Crippen LogP contribution in [0.4, 0.5) is 9.52 Å². The first-order chi connectivity index (χ1) is 14.8. The number of hydrogen-bond acceptors (Lipinski definition) is 6. The lowest BCUT2D eigenvalue weighted by atomic mass is 10.2. The van der Waals surface area contributed by atoms with Crippen molar-refractivity contribution in [3.05, 3.63) is 64.2 Å². The SMILES string of the molecule is O=C(Nc1nc(-c2ccc(F)cc2)cs1)c1ccc(Cl)c(S(=O)(=O)N2CCOCC2)c1. The number of ether oxygens (including phenoxy) is 1. The van der Waals surface area contributed by atoms with Crippen LogP contribution in [-0.4, -0.2) is 49.9 Å². The highest BCUT2D eigenvalue weighted by atomic mass is 35.5. The van der Waals surface area contributed by atoms with Crippen LogP contribution in [0.1, 0.15) is 10.4 Å². The molecule has 1 fully saturated rings. The van der Waals surface area contributed by atoms with Crippen molar-refractivity contribution < 1.29 is 22.3 Å². The third kappa shape index (κ3) is 4.78. The average Bonchev–Trinajstić information content (AvgIpc) is 3.23. The summed E-state index contributed by atoms with van der Waals surface area (Å²) < 4.78 is 45.5. The second-order valence-electron chi connectivity index (χ2n) is 6.66. The van der Waals surface area contributed by atoms with Gasteiger partial charge in [0.05, 0.1) is 23.9 Å². The first-order valence-electron chi connectivity index (χ1n) is 9.25. The van der Waals surface area contributed by atoms with Gasteiger partial charge >= 0.3 is 0 Å². The topological polar surface area (TPSA) is 88.6 Å². The number of benzene rings is 2. The molecule has 1 amide bonds. The molecule has 7 nitrogen and oxygen atoms in total. The summed E-state index contributed by atoms with van der Waals surface area (Å²) in [4.78, 5) is 16.9. The number of carbonyl (C=O) groups excluding carboxylic acids is 1. The molecule has 31 heavy (non-hydrogen) atoms. The molecular weight excluding hydrogens is 465 g/mol. The molecule has 1 aliphatic heterocycles. The van der Waals surface area contributed by atoms with Gasteiger partial charge in [0.2, 0.25) is 10.0 Å².